The molecule has 2 N–H and O–H groups in total. The van der Waals surface area contributed by atoms with E-state index >= 15 is 0 Å². The van der Waals surface area contributed by atoms with Crippen molar-refractivity contribution in [2.75, 3.05) is 18.8 Å². The van der Waals surface area contributed by atoms with Gasteiger partial charge in [-0.2, -0.15) is 0 Å². The van der Waals surface area contributed by atoms with Crippen molar-refractivity contribution in [1.29, 1.82) is 0 Å². The van der Waals surface area contributed by atoms with Crippen molar-refractivity contribution >= 4 is 33.3 Å². The smallest absolute Gasteiger partial charge is 0.245 e. The second kappa shape index (κ2) is 13.7. The lowest BCUT2D eigenvalue weighted by atomic mass is 9.65. The highest BCUT2D eigenvalue weighted by Gasteiger charge is 2.46. The molecule has 0 bridgehead atoms. The maximum absolute atomic E-state index is 14.1. The number of hydrogen-bond acceptors (Lipinski definition) is 5. The van der Waals surface area contributed by atoms with Crippen LogP contribution in [0.5, 0.6) is 0 Å². The number of carbonyl (C=O) groups excluding carboxylic acids is 2. The first-order chi connectivity index (χ1) is 20.6. The van der Waals surface area contributed by atoms with E-state index in [1.54, 1.807) is 26.0 Å². The number of amides is 2. The number of fused-ring (bicyclic) bond motifs is 1. The zero-order valence-electron chi connectivity index (χ0n) is 25.5. The number of rotatable bonds is 9. The van der Waals surface area contributed by atoms with Crippen molar-refractivity contribution in [2.24, 2.45) is 11.3 Å². The first kappa shape index (κ1) is 32.0. The monoisotopic (exact) mass is 627 g/mol. The number of nitrogens with one attached hydrogen (secondary N) is 2. The molecule has 3 aliphatic rings. The van der Waals surface area contributed by atoms with E-state index in [4.69, 9.17) is 11.6 Å². The van der Waals surface area contributed by atoms with E-state index in [1.165, 1.54) is 12.0 Å². The van der Waals surface area contributed by atoms with Gasteiger partial charge in [0.1, 0.15) is 6.04 Å². The van der Waals surface area contributed by atoms with Gasteiger partial charge in [0.05, 0.1) is 17.0 Å². The maximum atomic E-state index is 14.1. The van der Waals surface area contributed by atoms with E-state index in [9.17, 15) is 18.0 Å². The molecule has 0 radical (unpaired) electrons. The molecule has 5 rings (SSSR count). The third-order valence-electron chi connectivity index (χ3n) is 10.1. The van der Waals surface area contributed by atoms with Crippen molar-refractivity contribution in [1.82, 2.24) is 15.5 Å². The Labute approximate surface area is 262 Å². The fraction of sp³-hybridized carbons (Fsp3) is 0.588. The Morgan fingerprint density at radius 1 is 1.00 bits per heavy atom. The Balaban J connectivity index is 1.32. The number of piperidine rings is 1. The third-order valence-corrected chi connectivity index (χ3v) is 12.8. The number of halogens is 1. The summed E-state index contributed by atoms with van der Waals surface area (Å²) in [5.41, 5.74) is 2.96. The molecule has 0 unspecified atom stereocenters. The number of likely N-dealkylation sites (tertiary alicyclic amines) is 1. The minimum atomic E-state index is -3.23. The van der Waals surface area contributed by atoms with Gasteiger partial charge < -0.3 is 15.5 Å². The average Bonchev–Trinajstić information content (AvgIpc) is 3.01. The standard InChI is InChI=1S/C34H46ClN3O4S/c1-24(2)43(41,42)23-34(28-10-4-3-5-11-28)16-18-38(19-17-34)33(40)31(20-25-12-14-29(35)15-13-25)37-32(39)30-21-26-8-6-7-9-27(26)22-36-30/h6-9,12-15,24,28,30-31,36H,3-5,10-11,16-23H2,1-2H3,(H,37,39)/t30-,31-/m1/s1. The fourth-order valence-electron chi connectivity index (χ4n) is 7.31. The molecule has 9 heteroatoms. The first-order valence-electron chi connectivity index (χ1n) is 15.9. The molecule has 7 nitrogen and oxygen atoms in total. The van der Waals surface area contributed by atoms with Gasteiger partial charge in [-0.3, -0.25) is 9.59 Å². The van der Waals surface area contributed by atoms with Crippen LogP contribution in [0.4, 0.5) is 0 Å². The van der Waals surface area contributed by atoms with Crippen LogP contribution in [0.15, 0.2) is 48.5 Å². The van der Waals surface area contributed by atoms with Gasteiger partial charge in [0.25, 0.3) is 0 Å². The lowest BCUT2D eigenvalue weighted by molar-refractivity contribution is -0.139. The summed E-state index contributed by atoms with van der Waals surface area (Å²) in [6.45, 7) is 5.16. The Hall–Kier alpha value is -2.42. The van der Waals surface area contributed by atoms with Crippen LogP contribution in [0.25, 0.3) is 0 Å². The zero-order chi connectivity index (χ0) is 30.6. The van der Waals surface area contributed by atoms with Gasteiger partial charge in [0, 0.05) is 31.1 Å². The molecule has 2 aromatic carbocycles. The Morgan fingerprint density at radius 2 is 1.65 bits per heavy atom. The second-order valence-electron chi connectivity index (χ2n) is 13.2. The van der Waals surface area contributed by atoms with Gasteiger partial charge in [-0.1, -0.05) is 67.3 Å². The van der Waals surface area contributed by atoms with Gasteiger partial charge >= 0.3 is 0 Å². The van der Waals surface area contributed by atoms with Crippen LogP contribution in [-0.4, -0.2) is 61.3 Å². The minimum absolute atomic E-state index is 0.108. The SMILES string of the molecule is CC(C)S(=O)(=O)CC1(C2CCCCC2)CCN(C(=O)[C@@H](Cc2ccc(Cl)cc2)NC(=O)[C@H]2Cc3ccccc3CN2)CC1. The summed E-state index contributed by atoms with van der Waals surface area (Å²) in [4.78, 5) is 29.5. The molecular weight excluding hydrogens is 582 g/mol. The molecule has 0 aromatic heterocycles. The molecule has 43 heavy (non-hydrogen) atoms. The van der Waals surface area contributed by atoms with Crippen LogP contribution in [0.1, 0.15) is 75.5 Å². The Bertz CT molecular complexity index is 1380. The summed E-state index contributed by atoms with van der Waals surface area (Å²) < 4.78 is 26.4. The van der Waals surface area contributed by atoms with Crippen molar-refractivity contribution in [3.05, 3.63) is 70.2 Å². The Kier molecular flexibility index (Phi) is 10.2. The third kappa shape index (κ3) is 7.63. The molecule has 0 spiro atoms. The molecule has 2 fully saturated rings. The van der Waals surface area contributed by atoms with Crippen LogP contribution in [-0.2, 0) is 38.8 Å². The summed E-state index contributed by atoms with van der Waals surface area (Å²) in [7, 11) is -3.23. The predicted molar refractivity (Wildman–Crippen MR) is 172 cm³/mol. The van der Waals surface area contributed by atoms with Crippen molar-refractivity contribution in [3.8, 4) is 0 Å². The number of nitrogens with zero attached hydrogens (tertiary/aromatic N) is 1. The molecule has 2 atom stereocenters. The largest absolute Gasteiger partial charge is 0.343 e. The fourth-order valence-corrected chi connectivity index (χ4v) is 9.10. The topological polar surface area (TPSA) is 95.6 Å². The van der Waals surface area contributed by atoms with Gasteiger partial charge in [0.15, 0.2) is 9.84 Å². The number of benzene rings is 2. The quantitative estimate of drug-likeness (QED) is 0.404. The van der Waals surface area contributed by atoms with Gasteiger partial charge in [-0.25, -0.2) is 8.42 Å². The van der Waals surface area contributed by atoms with Crippen LogP contribution in [0.3, 0.4) is 0 Å². The normalized spacial score (nSPS) is 21.7. The van der Waals surface area contributed by atoms with Crippen molar-refractivity contribution in [2.45, 2.75) is 95.5 Å². The summed E-state index contributed by atoms with van der Waals surface area (Å²) in [6, 6.07) is 14.4. The van der Waals surface area contributed by atoms with Crippen LogP contribution >= 0.6 is 11.6 Å². The van der Waals surface area contributed by atoms with Crippen molar-refractivity contribution < 1.29 is 18.0 Å². The molecule has 1 saturated heterocycles. The van der Waals surface area contributed by atoms with Crippen LogP contribution < -0.4 is 10.6 Å². The highest BCUT2D eigenvalue weighted by atomic mass is 35.5. The minimum Gasteiger partial charge on any atom is -0.343 e. The van der Waals surface area contributed by atoms with E-state index in [0.717, 1.165) is 36.8 Å². The number of hydrogen-bond donors (Lipinski definition) is 2. The van der Waals surface area contributed by atoms with Gasteiger partial charge in [-0.05, 0) is 86.1 Å². The number of carbonyl (C=O) groups is 2. The van der Waals surface area contributed by atoms with E-state index in [2.05, 4.69) is 22.8 Å². The molecule has 2 aromatic rings. The Morgan fingerprint density at radius 3 is 2.30 bits per heavy atom. The van der Waals surface area contributed by atoms with E-state index in [1.807, 2.05) is 29.2 Å². The van der Waals surface area contributed by atoms with Crippen molar-refractivity contribution in [3.63, 3.8) is 0 Å². The lowest BCUT2D eigenvalue weighted by Gasteiger charge is -2.48. The predicted octanol–water partition coefficient (Wildman–Crippen LogP) is 5.09. The summed E-state index contributed by atoms with van der Waals surface area (Å²) in [5, 5.41) is 6.64. The molecule has 234 valence electrons. The van der Waals surface area contributed by atoms with Crippen LogP contribution in [0.2, 0.25) is 5.02 Å². The van der Waals surface area contributed by atoms with E-state index < -0.39 is 27.2 Å². The first-order valence-corrected chi connectivity index (χ1v) is 18.0. The molecule has 2 aliphatic heterocycles. The summed E-state index contributed by atoms with van der Waals surface area (Å²) in [5.74, 6) is 0.281. The van der Waals surface area contributed by atoms with Gasteiger partial charge in [0.2, 0.25) is 11.8 Å². The lowest BCUT2D eigenvalue weighted by Crippen LogP contribution is -2.58. The highest BCUT2D eigenvalue weighted by Crippen LogP contribution is 2.47. The highest BCUT2D eigenvalue weighted by molar-refractivity contribution is 7.92. The molecule has 1 aliphatic carbocycles. The zero-order valence-corrected chi connectivity index (χ0v) is 27.1. The maximum Gasteiger partial charge on any atom is 0.245 e. The summed E-state index contributed by atoms with van der Waals surface area (Å²) in [6.07, 6.45) is 7.91. The molecule has 2 heterocycles. The molecular formula is C34H46ClN3O4S. The molecule has 1 saturated carbocycles. The molecule has 2 amide bonds. The van der Waals surface area contributed by atoms with Crippen LogP contribution in [0, 0.1) is 11.3 Å². The second-order valence-corrected chi connectivity index (χ2v) is 16.2. The number of sulfone groups is 1. The van der Waals surface area contributed by atoms with Gasteiger partial charge in [-0.15, -0.1) is 0 Å². The summed E-state index contributed by atoms with van der Waals surface area (Å²) >= 11 is 6.12. The van der Waals surface area contributed by atoms with E-state index in [-0.39, 0.29) is 23.0 Å². The average molecular weight is 628 g/mol. The van der Waals surface area contributed by atoms with E-state index in [0.29, 0.717) is 56.3 Å².